The summed E-state index contributed by atoms with van der Waals surface area (Å²) in [5.74, 6) is 1.81. The zero-order valence-corrected chi connectivity index (χ0v) is 12.2. The van der Waals surface area contributed by atoms with E-state index in [0.29, 0.717) is 5.02 Å². The Labute approximate surface area is 115 Å². The lowest BCUT2D eigenvalue weighted by atomic mass is 10.0. The molecule has 0 radical (unpaired) electrons. The Bertz CT molecular complexity index is 469. The van der Waals surface area contributed by atoms with Crippen molar-refractivity contribution in [3.8, 4) is 5.75 Å². The van der Waals surface area contributed by atoms with Crippen molar-refractivity contribution in [3.63, 3.8) is 0 Å². The summed E-state index contributed by atoms with van der Waals surface area (Å²) in [5.41, 5.74) is 2.13. The molecule has 0 saturated carbocycles. The van der Waals surface area contributed by atoms with Crippen LogP contribution in [0, 0.1) is 0 Å². The van der Waals surface area contributed by atoms with Crippen LogP contribution in [-0.2, 0) is 4.74 Å². The van der Waals surface area contributed by atoms with E-state index in [1.54, 1.807) is 14.2 Å². The van der Waals surface area contributed by atoms with E-state index in [2.05, 4.69) is 15.9 Å². The molecule has 1 aliphatic carbocycles. The van der Waals surface area contributed by atoms with E-state index in [9.17, 15) is 0 Å². The van der Waals surface area contributed by atoms with E-state index in [1.165, 1.54) is 5.57 Å². The predicted octanol–water partition coefficient (Wildman–Crippen LogP) is 4.65. The van der Waals surface area contributed by atoms with Crippen molar-refractivity contribution in [1.29, 1.82) is 0 Å². The van der Waals surface area contributed by atoms with Crippen LogP contribution in [0.2, 0.25) is 5.02 Å². The lowest BCUT2D eigenvalue weighted by molar-refractivity contribution is 0.284. The number of allylic oxidation sites excluding steroid dienone is 2. The first kappa shape index (κ1) is 12.8. The highest BCUT2D eigenvalue weighted by Crippen LogP contribution is 2.43. The van der Waals surface area contributed by atoms with Crippen molar-refractivity contribution in [2.45, 2.75) is 19.3 Å². The van der Waals surface area contributed by atoms with E-state index >= 15 is 0 Å². The summed E-state index contributed by atoms with van der Waals surface area (Å²) >= 11 is 9.73. The van der Waals surface area contributed by atoms with Crippen molar-refractivity contribution in [2.24, 2.45) is 0 Å². The minimum Gasteiger partial charge on any atom is -0.501 e. The third-order valence-corrected chi connectivity index (χ3v) is 3.71. The minimum atomic E-state index is 0.697. The van der Waals surface area contributed by atoms with Gasteiger partial charge in [-0.1, -0.05) is 27.5 Å². The minimum absolute atomic E-state index is 0.697. The monoisotopic (exact) mass is 316 g/mol. The first-order chi connectivity index (χ1) is 8.17. The molecule has 0 heterocycles. The van der Waals surface area contributed by atoms with Crippen LogP contribution in [0.3, 0.4) is 0 Å². The third-order valence-electron chi connectivity index (χ3n) is 2.95. The summed E-state index contributed by atoms with van der Waals surface area (Å²) in [6.07, 6.45) is 3.07. The number of hydrogen-bond donors (Lipinski definition) is 0. The Kier molecular flexibility index (Phi) is 4.00. The molecule has 2 nitrogen and oxygen atoms in total. The summed E-state index contributed by atoms with van der Waals surface area (Å²) in [6, 6.07) is 3.82. The van der Waals surface area contributed by atoms with E-state index in [-0.39, 0.29) is 0 Å². The number of rotatable bonds is 3. The summed E-state index contributed by atoms with van der Waals surface area (Å²) in [7, 11) is 3.36. The molecular weight excluding hydrogens is 303 g/mol. The Morgan fingerprint density at radius 3 is 2.59 bits per heavy atom. The van der Waals surface area contributed by atoms with Gasteiger partial charge in [0.15, 0.2) is 0 Å². The molecule has 0 unspecified atom stereocenters. The van der Waals surface area contributed by atoms with Crippen LogP contribution in [0.15, 0.2) is 22.4 Å². The maximum atomic E-state index is 6.32. The second-order valence-corrected chi connectivity index (χ2v) is 5.25. The van der Waals surface area contributed by atoms with Gasteiger partial charge >= 0.3 is 0 Å². The fourth-order valence-corrected chi connectivity index (χ4v) is 3.10. The van der Waals surface area contributed by atoms with Gasteiger partial charge in [-0.2, -0.15) is 0 Å². The van der Waals surface area contributed by atoms with Gasteiger partial charge in [0.25, 0.3) is 0 Å². The zero-order chi connectivity index (χ0) is 12.4. The van der Waals surface area contributed by atoms with Crippen LogP contribution < -0.4 is 4.74 Å². The largest absolute Gasteiger partial charge is 0.501 e. The highest BCUT2D eigenvalue weighted by atomic mass is 79.9. The van der Waals surface area contributed by atoms with Gasteiger partial charge in [-0.25, -0.2) is 0 Å². The average Bonchev–Trinajstić information content (AvgIpc) is 2.75. The first-order valence-corrected chi connectivity index (χ1v) is 6.64. The molecule has 0 aliphatic heterocycles. The molecule has 1 aromatic rings. The summed E-state index contributed by atoms with van der Waals surface area (Å²) in [5, 5.41) is 0.697. The SMILES string of the molecule is COC1=C(c2c(Cl)cc(Br)cc2OC)CCC1. The molecule has 0 N–H and O–H groups in total. The predicted molar refractivity (Wildman–Crippen MR) is 73.5 cm³/mol. The number of methoxy groups -OCH3 is 2. The molecule has 1 aromatic carbocycles. The molecule has 0 saturated heterocycles. The van der Waals surface area contributed by atoms with Gasteiger partial charge in [-0.3, -0.25) is 0 Å². The lowest BCUT2D eigenvalue weighted by Gasteiger charge is -2.13. The highest BCUT2D eigenvalue weighted by Gasteiger charge is 2.22. The number of benzene rings is 1. The quantitative estimate of drug-likeness (QED) is 0.807. The van der Waals surface area contributed by atoms with E-state index in [1.807, 2.05) is 12.1 Å². The van der Waals surface area contributed by atoms with Crippen molar-refractivity contribution in [2.75, 3.05) is 14.2 Å². The Balaban J connectivity index is 2.58. The van der Waals surface area contributed by atoms with Crippen molar-refractivity contribution in [1.82, 2.24) is 0 Å². The maximum Gasteiger partial charge on any atom is 0.129 e. The van der Waals surface area contributed by atoms with Crippen LogP contribution in [-0.4, -0.2) is 14.2 Å². The molecule has 17 heavy (non-hydrogen) atoms. The van der Waals surface area contributed by atoms with Gasteiger partial charge in [-0.15, -0.1) is 0 Å². The molecule has 92 valence electrons. The van der Waals surface area contributed by atoms with Crippen molar-refractivity contribution < 1.29 is 9.47 Å². The number of halogens is 2. The van der Waals surface area contributed by atoms with Crippen molar-refractivity contribution >= 4 is 33.1 Å². The molecule has 0 atom stereocenters. The second-order valence-electron chi connectivity index (χ2n) is 3.92. The Hall–Kier alpha value is -0.670. The maximum absolute atomic E-state index is 6.32. The number of ether oxygens (including phenoxy) is 2. The first-order valence-electron chi connectivity index (χ1n) is 5.46. The molecule has 1 aliphatic rings. The highest BCUT2D eigenvalue weighted by molar-refractivity contribution is 9.10. The third kappa shape index (κ3) is 2.45. The molecule has 0 fully saturated rings. The smallest absolute Gasteiger partial charge is 0.129 e. The second kappa shape index (κ2) is 5.32. The van der Waals surface area contributed by atoms with Crippen LogP contribution in [0.5, 0.6) is 5.75 Å². The van der Waals surface area contributed by atoms with Gasteiger partial charge in [0.2, 0.25) is 0 Å². The van der Waals surface area contributed by atoms with Gasteiger partial charge in [0.05, 0.1) is 25.0 Å². The van der Waals surface area contributed by atoms with E-state index in [0.717, 1.165) is 40.8 Å². The summed E-state index contributed by atoms with van der Waals surface area (Å²) < 4.78 is 11.7. The fraction of sp³-hybridized carbons (Fsp3) is 0.385. The normalized spacial score (nSPS) is 15.3. The summed E-state index contributed by atoms with van der Waals surface area (Å²) in [4.78, 5) is 0. The fourth-order valence-electron chi connectivity index (χ4n) is 2.21. The summed E-state index contributed by atoms with van der Waals surface area (Å²) in [6.45, 7) is 0. The molecule has 0 amide bonds. The van der Waals surface area contributed by atoms with Crippen molar-refractivity contribution in [3.05, 3.63) is 33.0 Å². The lowest BCUT2D eigenvalue weighted by Crippen LogP contribution is -1.94. The van der Waals surface area contributed by atoms with Gasteiger partial charge in [0, 0.05) is 22.0 Å². The Morgan fingerprint density at radius 1 is 1.18 bits per heavy atom. The van der Waals surface area contributed by atoms with Crippen LogP contribution >= 0.6 is 27.5 Å². The number of hydrogen-bond acceptors (Lipinski definition) is 2. The molecule has 0 aromatic heterocycles. The topological polar surface area (TPSA) is 18.5 Å². The molecule has 0 bridgehead atoms. The van der Waals surface area contributed by atoms with Crippen LogP contribution in [0.1, 0.15) is 24.8 Å². The standard InChI is InChI=1S/C13H14BrClO2/c1-16-11-5-3-4-9(11)13-10(15)6-8(14)7-12(13)17-2/h6-7H,3-5H2,1-2H3. The van der Waals surface area contributed by atoms with E-state index in [4.69, 9.17) is 21.1 Å². The van der Waals surface area contributed by atoms with Gasteiger partial charge < -0.3 is 9.47 Å². The zero-order valence-electron chi connectivity index (χ0n) is 9.85. The van der Waals surface area contributed by atoms with Gasteiger partial charge in [0.1, 0.15) is 5.75 Å². The van der Waals surface area contributed by atoms with Crippen LogP contribution in [0.25, 0.3) is 5.57 Å². The van der Waals surface area contributed by atoms with Gasteiger partial charge in [-0.05, 0) is 25.0 Å². The molecule has 2 rings (SSSR count). The molecule has 4 heteroatoms. The molecular formula is C13H14BrClO2. The van der Waals surface area contributed by atoms with Crippen LogP contribution in [0.4, 0.5) is 0 Å². The Morgan fingerprint density at radius 2 is 1.94 bits per heavy atom. The molecule has 0 spiro atoms. The van der Waals surface area contributed by atoms with E-state index < -0.39 is 0 Å². The average molecular weight is 318 g/mol.